The Morgan fingerprint density at radius 1 is 0.413 bits per heavy atom. The summed E-state index contributed by atoms with van der Waals surface area (Å²) in [5.74, 6) is -71.4. The monoisotopic (exact) mass is 920 g/mol. The molecule has 6 rings (SSSR count). The molecule has 0 amide bonds. The molecule has 23 heteroatoms. The SMILES string of the molecule is CCCCCc1c[n+](Cc2ccccc2)ccn1.Fc1c(F)c(F)c([B-](c2c(F)c(F)c(F)c(F)c2F)(c2c(F)c(F)c(F)c(F)c2F)c2c(F)c(F)c(F)c(F)c2F)c(F)c1F. The summed E-state index contributed by atoms with van der Waals surface area (Å²) in [5, 5.41) is 0. The van der Waals surface area contributed by atoms with Crippen molar-refractivity contribution in [1.29, 1.82) is 0 Å². The van der Waals surface area contributed by atoms with Crippen molar-refractivity contribution >= 4 is 28.0 Å². The number of halogens is 20. The second kappa shape index (κ2) is 18.7. The van der Waals surface area contributed by atoms with Gasteiger partial charge in [-0.3, -0.25) is 0 Å². The summed E-state index contributed by atoms with van der Waals surface area (Å²) in [4.78, 5) is 4.43. The smallest absolute Gasteiger partial charge is 0.200 e. The standard InChI is InChI=1S/C24BF20.C16H21N2/c26-5-1(6(27)14(35)21(42)13(5)34)25(2-7(28)15(36)22(43)16(37)8(2)29,3-9(30)17(38)23(44)18(39)10(3)31)4-11(32)19(40)24(45)20(41)12(4)33;1-2-3-5-10-16-14-18(12-11-17-16)13-15-8-6-4-7-9-15/h;4,6-9,11-12,14H,2-3,5,10,13H2,1H3/q-1;+1. The molecule has 0 aliphatic carbocycles. The Morgan fingerprint density at radius 2 is 0.714 bits per heavy atom. The second-order valence-corrected chi connectivity index (χ2v) is 13.5. The first kappa shape index (κ1) is 47.9. The predicted molar refractivity (Wildman–Crippen MR) is 182 cm³/mol. The van der Waals surface area contributed by atoms with Crippen LogP contribution in [0.1, 0.15) is 37.4 Å². The van der Waals surface area contributed by atoms with Crippen molar-refractivity contribution in [2.24, 2.45) is 0 Å². The van der Waals surface area contributed by atoms with Crippen LogP contribution in [-0.4, -0.2) is 11.1 Å². The largest absolute Gasteiger partial charge is 0.249 e. The first-order valence-electron chi connectivity index (χ1n) is 17.7. The van der Waals surface area contributed by atoms with Crippen molar-refractivity contribution in [2.45, 2.75) is 39.2 Å². The van der Waals surface area contributed by atoms with Gasteiger partial charge in [-0.05, 0) is 12.8 Å². The summed E-state index contributed by atoms with van der Waals surface area (Å²) in [6, 6.07) is 10.5. The van der Waals surface area contributed by atoms with Gasteiger partial charge in [0.15, 0.2) is 88.7 Å². The van der Waals surface area contributed by atoms with E-state index in [0.717, 1.165) is 13.0 Å². The van der Waals surface area contributed by atoms with Crippen molar-refractivity contribution in [2.75, 3.05) is 0 Å². The number of aryl methyl sites for hydroxylation is 1. The van der Waals surface area contributed by atoms with Gasteiger partial charge in [-0.15, -0.1) is 21.9 Å². The maximum atomic E-state index is 15.4. The molecule has 0 saturated carbocycles. The highest BCUT2D eigenvalue weighted by Crippen LogP contribution is 2.30. The van der Waals surface area contributed by atoms with E-state index in [1.165, 1.54) is 30.5 Å². The second-order valence-electron chi connectivity index (χ2n) is 13.5. The van der Waals surface area contributed by atoms with Gasteiger partial charge < -0.3 is 0 Å². The van der Waals surface area contributed by atoms with E-state index >= 15 is 35.1 Å². The van der Waals surface area contributed by atoms with Crippen LogP contribution in [0.15, 0.2) is 48.9 Å². The minimum atomic E-state index is -7.22. The Bertz CT molecular complexity index is 2350. The van der Waals surface area contributed by atoms with E-state index in [2.05, 4.69) is 53.0 Å². The van der Waals surface area contributed by atoms with E-state index < -0.39 is 144 Å². The first-order valence-corrected chi connectivity index (χ1v) is 17.7. The number of rotatable bonds is 10. The van der Waals surface area contributed by atoms with E-state index in [1.807, 2.05) is 12.4 Å². The van der Waals surface area contributed by atoms with Gasteiger partial charge >= 0.3 is 0 Å². The van der Waals surface area contributed by atoms with Crippen LogP contribution in [0.5, 0.6) is 0 Å². The lowest BCUT2D eigenvalue weighted by molar-refractivity contribution is -0.689. The Labute approximate surface area is 341 Å². The van der Waals surface area contributed by atoms with Gasteiger partial charge in [-0.1, -0.05) is 50.1 Å². The fourth-order valence-electron chi connectivity index (χ4n) is 6.93. The average molecular weight is 920 g/mol. The molecule has 63 heavy (non-hydrogen) atoms. The molecule has 0 aliphatic heterocycles. The molecular weight excluding hydrogens is 899 g/mol. The molecule has 0 bridgehead atoms. The topological polar surface area (TPSA) is 16.8 Å². The predicted octanol–water partition coefficient (Wildman–Crippen LogP) is 9.00. The number of benzene rings is 5. The molecular formula is C40H21BF20N2. The van der Waals surface area contributed by atoms with Gasteiger partial charge in [0.05, 0.1) is 6.20 Å². The Balaban J connectivity index is 0.000000345. The van der Waals surface area contributed by atoms with Crippen LogP contribution in [0.4, 0.5) is 87.8 Å². The Hall–Kier alpha value is -6.16. The summed E-state index contributed by atoms with van der Waals surface area (Å²) in [7, 11) is 0. The van der Waals surface area contributed by atoms with Gasteiger partial charge in [-0.2, -0.15) is 4.57 Å². The molecule has 1 aromatic heterocycles. The van der Waals surface area contributed by atoms with E-state index in [-0.39, 0.29) is 0 Å². The normalized spacial score (nSPS) is 11.6. The number of hydrogen-bond donors (Lipinski definition) is 0. The van der Waals surface area contributed by atoms with Crippen LogP contribution in [0.25, 0.3) is 0 Å². The number of unbranched alkanes of at least 4 members (excludes halogenated alkanes) is 2. The molecule has 0 N–H and O–H groups in total. The third-order valence-electron chi connectivity index (χ3n) is 9.76. The molecule has 5 aromatic carbocycles. The quantitative estimate of drug-likeness (QED) is 0.0335. The molecule has 2 nitrogen and oxygen atoms in total. The Morgan fingerprint density at radius 3 is 1.02 bits per heavy atom. The third kappa shape index (κ3) is 8.16. The van der Waals surface area contributed by atoms with Crippen LogP contribution in [-0.2, 0) is 13.0 Å². The summed E-state index contributed by atoms with van der Waals surface area (Å²) in [6.45, 7) is 3.15. The fourth-order valence-corrected chi connectivity index (χ4v) is 6.93. The van der Waals surface area contributed by atoms with Crippen LogP contribution in [0.3, 0.4) is 0 Å². The minimum Gasteiger partial charge on any atom is -0.249 e. The van der Waals surface area contributed by atoms with Crippen molar-refractivity contribution in [3.05, 3.63) is 177 Å². The molecule has 334 valence electrons. The minimum absolute atomic E-state index is 0.921. The van der Waals surface area contributed by atoms with E-state index in [1.54, 1.807) is 0 Å². The van der Waals surface area contributed by atoms with Crippen LogP contribution in [0.2, 0.25) is 0 Å². The van der Waals surface area contributed by atoms with Crippen molar-refractivity contribution in [3.63, 3.8) is 0 Å². The van der Waals surface area contributed by atoms with E-state index in [4.69, 9.17) is 0 Å². The van der Waals surface area contributed by atoms with Gasteiger partial charge in [0.2, 0.25) is 0 Å². The fraction of sp³-hybridized carbons (Fsp3) is 0.150. The van der Waals surface area contributed by atoms with E-state index in [9.17, 15) is 52.7 Å². The molecule has 6 aromatic rings. The summed E-state index contributed by atoms with van der Waals surface area (Å²) in [5.41, 5.74) is -11.8. The molecule has 0 fully saturated rings. The lowest BCUT2D eigenvalue weighted by Crippen LogP contribution is -2.81. The highest BCUT2D eigenvalue weighted by molar-refractivity contribution is 7.20. The zero-order valence-corrected chi connectivity index (χ0v) is 31.2. The lowest BCUT2D eigenvalue weighted by Gasteiger charge is -2.44. The van der Waals surface area contributed by atoms with Gasteiger partial charge in [-0.25, -0.2) is 92.8 Å². The number of hydrogen-bond acceptors (Lipinski definition) is 1. The molecule has 0 unspecified atom stereocenters. The van der Waals surface area contributed by atoms with Crippen molar-refractivity contribution < 1.29 is 92.4 Å². The number of aromatic nitrogens is 2. The van der Waals surface area contributed by atoms with Crippen LogP contribution in [0, 0.1) is 116 Å². The summed E-state index contributed by atoms with van der Waals surface area (Å²) in [6.07, 6.45) is 3.77. The van der Waals surface area contributed by atoms with Crippen LogP contribution < -0.4 is 26.4 Å². The lowest BCUT2D eigenvalue weighted by atomic mass is 9.12. The molecule has 0 spiro atoms. The molecule has 0 saturated heterocycles. The van der Waals surface area contributed by atoms with Crippen LogP contribution >= 0.6 is 0 Å². The highest BCUT2D eigenvalue weighted by atomic mass is 19.2. The van der Waals surface area contributed by atoms with E-state index in [0.29, 0.717) is 0 Å². The highest BCUT2D eigenvalue weighted by Gasteiger charge is 2.52. The van der Waals surface area contributed by atoms with Crippen molar-refractivity contribution in [1.82, 2.24) is 4.98 Å². The number of nitrogens with zero attached hydrogens (tertiary/aromatic N) is 2. The first-order chi connectivity index (χ1) is 29.6. The summed E-state index contributed by atoms with van der Waals surface area (Å²) < 4.78 is 296. The third-order valence-corrected chi connectivity index (χ3v) is 9.76. The molecule has 0 radical (unpaired) electrons. The maximum absolute atomic E-state index is 15.4. The average Bonchev–Trinajstić information content (AvgIpc) is 3.27. The van der Waals surface area contributed by atoms with Gasteiger partial charge in [0.1, 0.15) is 58.4 Å². The van der Waals surface area contributed by atoms with Gasteiger partial charge in [0.25, 0.3) is 0 Å². The molecule has 0 aliphatic rings. The molecule has 0 atom stereocenters. The zero-order valence-electron chi connectivity index (χ0n) is 31.2. The van der Waals surface area contributed by atoms with Crippen molar-refractivity contribution in [3.8, 4) is 0 Å². The Kier molecular flexibility index (Phi) is 14.2. The maximum Gasteiger partial charge on any atom is 0.200 e. The van der Waals surface area contributed by atoms with Gasteiger partial charge in [0, 0.05) is 5.56 Å². The molecule has 1 heterocycles. The zero-order chi connectivity index (χ0) is 47.0. The summed E-state index contributed by atoms with van der Waals surface area (Å²) >= 11 is 0.